The SMILES string of the molecule is CCCCCNCC#CCN(C)C=O. The average molecular weight is 196 g/mol. The molecular formula is C11H20N2O. The average Bonchev–Trinajstić information content (AvgIpc) is 2.21. The van der Waals surface area contributed by atoms with E-state index in [1.807, 2.05) is 0 Å². The molecule has 0 aliphatic rings. The first kappa shape index (κ1) is 13.0. The molecule has 1 amide bonds. The first-order valence-corrected chi connectivity index (χ1v) is 5.13. The number of nitrogens with zero attached hydrogens (tertiary/aromatic N) is 1. The van der Waals surface area contributed by atoms with Crippen LogP contribution >= 0.6 is 0 Å². The molecule has 80 valence electrons. The summed E-state index contributed by atoms with van der Waals surface area (Å²) in [5, 5.41) is 3.23. The predicted molar refractivity (Wildman–Crippen MR) is 58.9 cm³/mol. The molecule has 0 atom stereocenters. The van der Waals surface area contributed by atoms with E-state index >= 15 is 0 Å². The molecule has 0 bridgehead atoms. The Bertz CT molecular complexity index is 193. The summed E-state index contributed by atoms with van der Waals surface area (Å²) in [5.74, 6) is 5.88. The predicted octanol–water partition coefficient (Wildman–Crippen LogP) is 0.858. The van der Waals surface area contributed by atoms with Crippen molar-refractivity contribution in [1.29, 1.82) is 0 Å². The van der Waals surface area contributed by atoms with E-state index in [0.717, 1.165) is 19.5 Å². The summed E-state index contributed by atoms with van der Waals surface area (Å²) in [6, 6.07) is 0. The van der Waals surface area contributed by atoms with Gasteiger partial charge in [0.2, 0.25) is 6.41 Å². The molecule has 1 N–H and O–H groups in total. The van der Waals surface area contributed by atoms with Crippen molar-refractivity contribution < 1.29 is 4.79 Å². The van der Waals surface area contributed by atoms with Gasteiger partial charge in [-0.3, -0.25) is 4.79 Å². The van der Waals surface area contributed by atoms with Crippen LogP contribution in [0, 0.1) is 11.8 Å². The van der Waals surface area contributed by atoms with Crippen LogP contribution in [0.25, 0.3) is 0 Å². The smallest absolute Gasteiger partial charge is 0.210 e. The Morgan fingerprint density at radius 1 is 1.36 bits per heavy atom. The maximum absolute atomic E-state index is 10.2. The van der Waals surface area contributed by atoms with Gasteiger partial charge in [-0.15, -0.1) is 0 Å². The number of hydrogen-bond donors (Lipinski definition) is 1. The zero-order valence-electron chi connectivity index (χ0n) is 9.18. The molecule has 3 heteroatoms. The molecule has 0 unspecified atom stereocenters. The number of unbranched alkanes of at least 4 members (excludes halogenated alkanes) is 2. The summed E-state index contributed by atoms with van der Waals surface area (Å²) in [7, 11) is 1.72. The molecule has 0 aromatic rings. The Balaban J connectivity index is 3.21. The largest absolute Gasteiger partial charge is 0.337 e. The molecule has 0 aliphatic carbocycles. The van der Waals surface area contributed by atoms with Crippen molar-refractivity contribution in [2.45, 2.75) is 26.2 Å². The van der Waals surface area contributed by atoms with Crippen LogP contribution in [-0.4, -0.2) is 38.0 Å². The molecule has 0 saturated carbocycles. The number of nitrogens with one attached hydrogen (secondary N) is 1. The molecule has 0 rings (SSSR count). The van der Waals surface area contributed by atoms with E-state index in [0.29, 0.717) is 6.54 Å². The van der Waals surface area contributed by atoms with Crippen LogP contribution in [0.1, 0.15) is 26.2 Å². The highest BCUT2D eigenvalue weighted by molar-refractivity contribution is 5.47. The van der Waals surface area contributed by atoms with Gasteiger partial charge >= 0.3 is 0 Å². The highest BCUT2D eigenvalue weighted by atomic mass is 16.1. The van der Waals surface area contributed by atoms with Crippen LogP contribution < -0.4 is 5.32 Å². The van der Waals surface area contributed by atoms with Crippen molar-refractivity contribution in [2.24, 2.45) is 0 Å². The normalized spacial score (nSPS) is 9.00. The lowest BCUT2D eigenvalue weighted by atomic mass is 10.2. The highest BCUT2D eigenvalue weighted by Crippen LogP contribution is 1.90. The highest BCUT2D eigenvalue weighted by Gasteiger charge is 1.86. The topological polar surface area (TPSA) is 32.3 Å². The number of rotatable bonds is 7. The van der Waals surface area contributed by atoms with Gasteiger partial charge in [0.25, 0.3) is 0 Å². The van der Waals surface area contributed by atoms with Gasteiger partial charge in [-0.1, -0.05) is 31.6 Å². The van der Waals surface area contributed by atoms with Crippen LogP contribution in [0.15, 0.2) is 0 Å². The lowest BCUT2D eigenvalue weighted by molar-refractivity contribution is -0.116. The van der Waals surface area contributed by atoms with Gasteiger partial charge in [-0.2, -0.15) is 0 Å². The van der Waals surface area contributed by atoms with E-state index < -0.39 is 0 Å². The van der Waals surface area contributed by atoms with Crippen LogP contribution in [0.5, 0.6) is 0 Å². The molecule has 0 aromatic carbocycles. The Morgan fingerprint density at radius 3 is 2.79 bits per heavy atom. The summed E-state index contributed by atoms with van der Waals surface area (Å²) in [6.07, 6.45) is 4.52. The second kappa shape index (κ2) is 10.1. The standard InChI is InChI=1S/C11H20N2O/c1-3-4-5-8-12-9-6-7-10-13(2)11-14/h11-12H,3-5,8-10H2,1-2H3. The van der Waals surface area contributed by atoms with Crippen molar-refractivity contribution in [3.05, 3.63) is 0 Å². The fourth-order valence-electron chi connectivity index (χ4n) is 0.931. The van der Waals surface area contributed by atoms with Crippen LogP contribution in [0.3, 0.4) is 0 Å². The molecule has 0 heterocycles. The van der Waals surface area contributed by atoms with Gasteiger partial charge in [0.1, 0.15) is 0 Å². The van der Waals surface area contributed by atoms with E-state index in [2.05, 4.69) is 24.1 Å². The third-order valence-electron chi connectivity index (χ3n) is 1.80. The first-order chi connectivity index (χ1) is 6.81. The third kappa shape index (κ3) is 9.08. The number of carbonyl (C=O) groups is 1. The molecule has 0 saturated heterocycles. The van der Waals surface area contributed by atoms with Gasteiger partial charge < -0.3 is 10.2 Å². The van der Waals surface area contributed by atoms with E-state index in [-0.39, 0.29) is 0 Å². The lowest BCUT2D eigenvalue weighted by Gasteiger charge is -2.02. The van der Waals surface area contributed by atoms with E-state index in [4.69, 9.17) is 0 Å². The molecular weight excluding hydrogens is 176 g/mol. The van der Waals surface area contributed by atoms with Gasteiger partial charge in [-0.05, 0) is 13.0 Å². The molecule has 3 nitrogen and oxygen atoms in total. The maximum Gasteiger partial charge on any atom is 0.210 e. The summed E-state index contributed by atoms with van der Waals surface area (Å²) in [6.45, 7) is 4.46. The zero-order valence-corrected chi connectivity index (χ0v) is 9.18. The minimum atomic E-state index is 0.514. The van der Waals surface area contributed by atoms with E-state index in [9.17, 15) is 4.79 Å². The van der Waals surface area contributed by atoms with Crippen molar-refractivity contribution in [3.63, 3.8) is 0 Å². The van der Waals surface area contributed by atoms with E-state index in [1.165, 1.54) is 24.2 Å². The van der Waals surface area contributed by atoms with Crippen molar-refractivity contribution in [1.82, 2.24) is 10.2 Å². The zero-order chi connectivity index (χ0) is 10.6. The third-order valence-corrected chi connectivity index (χ3v) is 1.80. The summed E-state index contributed by atoms with van der Waals surface area (Å²) >= 11 is 0. The summed E-state index contributed by atoms with van der Waals surface area (Å²) in [5.41, 5.74) is 0. The summed E-state index contributed by atoms with van der Waals surface area (Å²) in [4.78, 5) is 11.7. The Kier molecular flexibility index (Phi) is 9.35. The monoisotopic (exact) mass is 196 g/mol. The van der Waals surface area contributed by atoms with Crippen LogP contribution in [-0.2, 0) is 4.79 Å². The minimum absolute atomic E-state index is 0.514. The van der Waals surface area contributed by atoms with Gasteiger partial charge in [0.15, 0.2) is 0 Å². The molecule has 0 radical (unpaired) electrons. The number of carbonyl (C=O) groups excluding carboxylic acids is 1. The molecule has 0 aliphatic heterocycles. The van der Waals surface area contributed by atoms with Crippen molar-refractivity contribution in [2.75, 3.05) is 26.7 Å². The van der Waals surface area contributed by atoms with Gasteiger partial charge in [-0.25, -0.2) is 0 Å². The Hall–Kier alpha value is -1.01. The fourth-order valence-corrected chi connectivity index (χ4v) is 0.931. The van der Waals surface area contributed by atoms with Crippen LogP contribution in [0.4, 0.5) is 0 Å². The summed E-state index contributed by atoms with van der Waals surface area (Å²) < 4.78 is 0. The minimum Gasteiger partial charge on any atom is -0.337 e. The van der Waals surface area contributed by atoms with Crippen molar-refractivity contribution in [3.8, 4) is 11.8 Å². The quantitative estimate of drug-likeness (QED) is 0.372. The molecule has 0 aromatic heterocycles. The molecule has 0 fully saturated rings. The fraction of sp³-hybridized carbons (Fsp3) is 0.727. The first-order valence-electron chi connectivity index (χ1n) is 5.13. The van der Waals surface area contributed by atoms with Crippen molar-refractivity contribution >= 4 is 6.41 Å². The second-order valence-electron chi connectivity index (χ2n) is 3.26. The Morgan fingerprint density at radius 2 is 2.14 bits per heavy atom. The lowest BCUT2D eigenvalue weighted by Crippen LogP contribution is -2.17. The molecule has 14 heavy (non-hydrogen) atoms. The number of amides is 1. The van der Waals surface area contributed by atoms with Gasteiger partial charge in [0.05, 0.1) is 13.1 Å². The maximum atomic E-state index is 10.2. The number of hydrogen-bond acceptors (Lipinski definition) is 2. The van der Waals surface area contributed by atoms with E-state index in [1.54, 1.807) is 7.05 Å². The molecule has 0 spiro atoms. The van der Waals surface area contributed by atoms with Gasteiger partial charge in [0, 0.05) is 7.05 Å². The second-order valence-corrected chi connectivity index (χ2v) is 3.26. The van der Waals surface area contributed by atoms with Crippen LogP contribution in [0.2, 0.25) is 0 Å². The Labute approximate surface area is 86.9 Å².